The van der Waals surface area contributed by atoms with Crippen molar-refractivity contribution in [1.29, 1.82) is 0 Å². The van der Waals surface area contributed by atoms with Crippen molar-refractivity contribution >= 4 is 54.3 Å². The van der Waals surface area contributed by atoms with Gasteiger partial charge in [-0.25, -0.2) is 15.0 Å². The Kier molecular flexibility index (Phi) is 8.13. The molecule has 0 aliphatic carbocycles. The smallest absolute Gasteiger partial charge is 0.164 e. The summed E-state index contributed by atoms with van der Waals surface area (Å²) in [5, 5.41) is 9.18. The Labute approximate surface area is 352 Å². The van der Waals surface area contributed by atoms with Crippen molar-refractivity contribution in [3.8, 4) is 67.5 Å². The molecule has 0 spiro atoms. The summed E-state index contributed by atoms with van der Waals surface area (Å²) in [5.41, 5.74) is 11.3. The van der Waals surface area contributed by atoms with Gasteiger partial charge in [0.15, 0.2) is 17.5 Å². The van der Waals surface area contributed by atoms with E-state index in [1.165, 1.54) is 21.7 Å². The van der Waals surface area contributed by atoms with Gasteiger partial charge in [0.25, 0.3) is 0 Å². The van der Waals surface area contributed by atoms with Crippen LogP contribution in [0.3, 0.4) is 0 Å². The lowest BCUT2D eigenvalue weighted by Crippen LogP contribution is -2.00. The molecule has 0 N–H and O–H groups in total. The fraction of sp³-hybridized carbons (Fsp3) is 0. The van der Waals surface area contributed by atoms with Gasteiger partial charge in [0.05, 0.1) is 0 Å². The monoisotopic (exact) mass is 777 g/mol. The quantitative estimate of drug-likeness (QED) is 0.169. The molecular weight excluding hydrogens is 743 g/mol. The Morgan fingerprint density at radius 2 is 0.721 bits per heavy atom. The zero-order valence-electron chi connectivity index (χ0n) is 33.0. The normalized spacial score (nSPS) is 11.6. The molecule has 0 aliphatic rings. The number of fused-ring (bicyclic) bond motifs is 6. The molecule has 4 nitrogen and oxygen atoms in total. The lowest BCUT2D eigenvalue weighted by molar-refractivity contribution is 0.670. The molecule has 0 unspecified atom stereocenters. The lowest BCUT2D eigenvalue weighted by Gasteiger charge is -2.11. The summed E-state index contributed by atoms with van der Waals surface area (Å²) in [4.78, 5) is 15.4. The van der Waals surface area contributed by atoms with Crippen LogP contribution in [0.1, 0.15) is 0 Å². The summed E-state index contributed by atoms with van der Waals surface area (Å²) in [6.45, 7) is 0. The van der Waals surface area contributed by atoms with Gasteiger partial charge in [-0.3, -0.25) is 0 Å². The molecule has 0 aliphatic heterocycles. The van der Waals surface area contributed by atoms with Gasteiger partial charge in [-0.15, -0.1) is 0 Å². The van der Waals surface area contributed by atoms with Crippen LogP contribution < -0.4 is 0 Å². The molecule has 2 aromatic heterocycles. The summed E-state index contributed by atoms with van der Waals surface area (Å²) in [6.07, 6.45) is 0. The topological polar surface area (TPSA) is 51.8 Å². The van der Waals surface area contributed by atoms with Gasteiger partial charge in [-0.2, -0.15) is 0 Å². The second-order valence-electron chi connectivity index (χ2n) is 15.6. The van der Waals surface area contributed by atoms with Crippen LogP contribution in [0.2, 0.25) is 0 Å². The van der Waals surface area contributed by atoms with Crippen molar-refractivity contribution in [2.75, 3.05) is 0 Å². The molecule has 0 saturated heterocycles. The standard InChI is InChI=1S/C57H35N3O/c1-2-10-36(11-3-1)39-20-26-41(27-21-39)55-58-56(46-30-24-38-13-5-7-15-43(38)33-46)60-57(59-55)47-31-25-40-23-28-44(34-48(40)35-47)49-16-9-19-52-53(49)51-18-8-17-50(54(51)61-52)45-29-22-37-12-4-6-14-42(37)32-45/h1-35H. The zero-order chi connectivity index (χ0) is 40.3. The first kappa shape index (κ1) is 34.8. The van der Waals surface area contributed by atoms with Crippen LogP contribution in [0.5, 0.6) is 0 Å². The fourth-order valence-corrected chi connectivity index (χ4v) is 8.76. The van der Waals surface area contributed by atoms with E-state index in [1.807, 2.05) is 6.07 Å². The number of nitrogens with zero attached hydrogens (tertiary/aromatic N) is 3. The molecule has 0 radical (unpaired) electrons. The zero-order valence-corrected chi connectivity index (χ0v) is 33.0. The van der Waals surface area contributed by atoms with E-state index < -0.39 is 0 Å². The predicted octanol–water partition coefficient (Wildman–Crippen LogP) is 15.2. The molecule has 61 heavy (non-hydrogen) atoms. The number of benzene rings is 10. The van der Waals surface area contributed by atoms with E-state index in [0.717, 1.165) is 82.6 Å². The summed E-state index contributed by atoms with van der Waals surface area (Å²) in [7, 11) is 0. The number of hydrogen-bond donors (Lipinski definition) is 0. The van der Waals surface area contributed by atoms with E-state index in [1.54, 1.807) is 0 Å². The van der Waals surface area contributed by atoms with E-state index in [2.05, 4.69) is 206 Å². The van der Waals surface area contributed by atoms with Crippen LogP contribution in [0.25, 0.3) is 122 Å². The van der Waals surface area contributed by atoms with Crippen molar-refractivity contribution in [2.24, 2.45) is 0 Å². The molecule has 12 rings (SSSR count). The van der Waals surface area contributed by atoms with Crippen molar-refractivity contribution in [1.82, 2.24) is 15.0 Å². The number of rotatable bonds is 6. The molecule has 0 atom stereocenters. The van der Waals surface area contributed by atoms with Gasteiger partial charge in [0, 0.05) is 33.0 Å². The van der Waals surface area contributed by atoms with Gasteiger partial charge in [-0.05, 0) is 90.5 Å². The first-order valence-corrected chi connectivity index (χ1v) is 20.6. The van der Waals surface area contributed by atoms with Gasteiger partial charge in [0.2, 0.25) is 0 Å². The molecule has 284 valence electrons. The molecule has 2 heterocycles. The third-order valence-corrected chi connectivity index (χ3v) is 11.9. The van der Waals surface area contributed by atoms with Gasteiger partial charge in [-0.1, -0.05) is 182 Å². The Bertz CT molecular complexity index is 3650. The van der Waals surface area contributed by atoms with Crippen molar-refractivity contribution in [3.63, 3.8) is 0 Å². The van der Waals surface area contributed by atoms with Crippen LogP contribution in [-0.4, -0.2) is 15.0 Å². The highest BCUT2D eigenvalue weighted by Crippen LogP contribution is 2.42. The van der Waals surface area contributed by atoms with Crippen LogP contribution in [0.15, 0.2) is 217 Å². The molecule has 10 aromatic carbocycles. The SMILES string of the molecule is c1ccc(-c2ccc(-c3nc(-c4ccc5ccccc5c4)nc(-c4ccc5ccc(-c6cccc7oc8c(-c9ccc%10ccccc%10c9)cccc8c67)cc5c4)n3)cc2)cc1. The first-order valence-electron chi connectivity index (χ1n) is 20.6. The Balaban J connectivity index is 0.971. The fourth-order valence-electron chi connectivity index (χ4n) is 8.76. The number of para-hydroxylation sites is 1. The second kappa shape index (κ2) is 14.3. The third kappa shape index (κ3) is 6.21. The number of aromatic nitrogens is 3. The van der Waals surface area contributed by atoms with Crippen LogP contribution in [-0.2, 0) is 0 Å². The minimum absolute atomic E-state index is 0.622. The highest BCUT2D eigenvalue weighted by atomic mass is 16.3. The second-order valence-corrected chi connectivity index (χ2v) is 15.6. The van der Waals surface area contributed by atoms with Crippen molar-refractivity contribution < 1.29 is 4.42 Å². The van der Waals surface area contributed by atoms with Crippen molar-refractivity contribution in [3.05, 3.63) is 212 Å². The van der Waals surface area contributed by atoms with Crippen molar-refractivity contribution in [2.45, 2.75) is 0 Å². The summed E-state index contributed by atoms with van der Waals surface area (Å²) < 4.78 is 6.70. The maximum Gasteiger partial charge on any atom is 0.164 e. The van der Waals surface area contributed by atoms with Gasteiger partial charge < -0.3 is 4.42 Å². The molecular formula is C57H35N3O. The highest BCUT2D eigenvalue weighted by molar-refractivity contribution is 6.16. The molecule has 12 aromatic rings. The summed E-state index contributed by atoms with van der Waals surface area (Å²) in [6, 6.07) is 74.7. The number of hydrogen-bond acceptors (Lipinski definition) is 4. The molecule has 0 amide bonds. The van der Waals surface area contributed by atoms with Gasteiger partial charge >= 0.3 is 0 Å². The van der Waals surface area contributed by atoms with E-state index in [-0.39, 0.29) is 0 Å². The van der Waals surface area contributed by atoms with E-state index in [4.69, 9.17) is 19.4 Å². The average molecular weight is 778 g/mol. The van der Waals surface area contributed by atoms with E-state index >= 15 is 0 Å². The maximum absolute atomic E-state index is 6.70. The van der Waals surface area contributed by atoms with E-state index in [0.29, 0.717) is 17.5 Å². The highest BCUT2D eigenvalue weighted by Gasteiger charge is 2.18. The summed E-state index contributed by atoms with van der Waals surface area (Å²) >= 11 is 0. The lowest BCUT2D eigenvalue weighted by atomic mass is 9.95. The Morgan fingerprint density at radius 3 is 1.39 bits per heavy atom. The predicted molar refractivity (Wildman–Crippen MR) is 252 cm³/mol. The molecule has 0 bridgehead atoms. The van der Waals surface area contributed by atoms with Gasteiger partial charge in [0.1, 0.15) is 11.2 Å². The largest absolute Gasteiger partial charge is 0.455 e. The average Bonchev–Trinajstić information content (AvgIpc) is 3.73. The molecule has 0 saturated carbocycles. The minimum Gasteiger partial charge on any atom is -0.455 e. The van der Waals surface area contributed by atoms with Crippen LogP contribution in [0.4, 0.5) is 0 Å². The van der Waals surface area contributed by atoms with E-state index in [9.17, 15) is 0 Å². The Hall–Kier alpha value is -8.21. The van der Waals surface area contributed by atoms with Crippen LogP contribution in [0, 0.1) is 0 Å². The number of furan rings is 1. The molecule has 4 heteroatoms. The summed E-state index contributed by atoms with van der Waals surface area (Å²) in [5.74, 6) is 1.88. The first-order chi connectivity index (χ1) is 30.2. The molecule has 0 fully saturated rings. The third-order valence-electron chi connectivity index (χ3n) is 11.9. The maximum atomic E-state index is 6.70. The Morgan fingerprint density at radius 1 is 0.279 bits per heavy atom. The minimum atomic E-state index is 0.622. The van der Waals surface area contributed by atoms with Crippen LogP contribution >= 0.6 is 0 Å².